The lowest BCUT2D eigenvalue weighted by Gasteiger charge is -2.25. The van der Waals surface area contributed by atoms with E-state index in [1.807, 2.05) is 13.8 Å². The van der Waals surface area contributed by atoms with Gasteiger partial charge in [0.2, 0.25) is 0 Å². The number of hydrogen-bond donors (Lipinski definition) is 1. The maximum absolute atomic E-state index is 11.7. The van der Waals surface area contributed by atoms with Crippen molar-refractivity contribution >= 4 is 5.97 Å². The van der Waals surface area contributed by atoms with E-state index in [9.17, 15) is 9.90 Å². The molecule has 0 aliphatic rings. The molecule has 0 saturated heterocycles. The summed E-state index contributed by atoms with van der Waals surface area (Å²) in [6.45, 7) is 8.10. The van der Waals surface area contributed by atoms with Gasteiger partial charge in [-0.15, -0.1) is 0 Å². The Labute approximate surface area is 118 Å². The van der Waals surface area contributed by atoms with Gasteiger partial charge >= 0.3 is 5.97 Å². The van der Waals surface area contributed by atoms with E-state index in [2.05, 4.69) is 6.92 Å². The summed E-state index contributed by atoms with van der Waals surface area (Å²) in [7, 11) is 0. The highest BCUT2D eigenvalue weighted by molar-refractivity contribution is 5.75. The van der Waals surface area contributed by atoms with E-state index in [1.165, 1.54) is 32.1 Å². The second-order valence-corrected chi connectivity index (χ2v) is 6.02. The molecule has 0 radical (unpaired) electrons. The minimum absolute atomic E-state index is 0.211. The van der Waals surface area contributed by atoms with Crippen molar-refractivity contribution in [3.8, 4) is 0 Å². The van der Waals surface area contributed by atoms with Gasteiger partial charge in [0, 0.05) is 0 Å². The zero-order chi connectivity index (χ0) is 14.7. The summed E-state index contributed by atoms with van der Waals surface area (Å²) < 4.78 is 5.03. The van der Waals surface area contributed by atoms with Crippen LogP contribution in [0.1, 0.15) is 79.1 Å². The van der Waals surface area contributed by atoms with Crippen molar-refractivity contribution in [1.82, 2.24) is 0 Å². The van der Waals surface area contributed by atoms with E-state index in [-0.39, 0.29) is 5.97 Å². The van der Waals surface area contributed by atoms with Crippen LogP contribution in [0.4, 0.5) is 0 Å². The molecule has 1 unspecified atom stereocenters. The van der Waals surface area contributed by atoms with Gasteiger partial charge in [0.25, 0.3) is 0 Å². The second kappa shape index (κ2) is 10.2. The van der Waals surface area contributed by atoms with Crippen LogP contribution in [-0.2, 0) is 9.53 Å². The van der Waals surface area contributed by atoms with Gasteiger partial charge in [-0.3, -0.25) is 4.79 Å². The Kier molecular flexibility index (Phi) is 9.94. The van der Waals surface area contributed by atoms with Crippen LogP contribution in [0.2, 0.25) is 0 Å². The van der Waals surface area contributed by atoms with Crippen LogP contribution in [0, 0.1) is 5.41 Å². The molecule has 0 aromatic rings. The van der Waals surface area contributed by atoms with E-state index >= 15 is 0 Å². The Balaban J connectivity index is 3.77. The first-order valence-electron chi connectivity index (χ1n) is 7.79. The molecule has 3 heteroatoms. The summed E-state index contributed by atoms with van der Waals surface area (Å²) in [6.07, 6.45) is 8.21. The zero-order valence-corrected chi connectivity index (χ0v) is 13.2. The lowest BCUT2D eigenvalue weighted by molar-refractivity contribution is -0.155. The van der Waals surface area contributed by atoms with E-state index in [0.717, 1.165) is 12.8 Å². The van der Waals surface area contributed by atoms with E-state index in [0.29, 0.717) is 13.0 Å². The summed E-state index contributed by atoms with van der Waals surface area (Å²) in [5, 5.41) is 10.00. The van der Waals surface area contributed by atoms with Gasteiger partial charge in [0.15, 0.2) is 0 Å². The number of rotatable bonds is 11. The van der Waals surface area contributed by atoms with Gasteiger partial charge in [-0.2, -0.15) is 0 Å². The molecule has 0 saturated carbocycles. The predicted octanol–water partition coefficient (Wildman–Crippen LogP) is 4.08. The molecule has 0 aliphatic carbocycles. The van der Waals surface area contributed by atoms with Crippen LogP contribution in [0.15, 0.2) is 0 Å². The lowest BCUT2D eigenvalue weighted by atomic mass is 9.85. The van der Waals surface area contributed by atoms with Crippen LogP contribution in [0.25, 0.3) is 0 Å². The number of esters is 1. The number of carbonyl (C=O) groups is 1. The molecule has 3 nitrogen and oxygen atoms in total. The van der Waals surface area contributed by atoms with Crippen LogP contribution >= 0.6 is 0 Å². The second-order valence-electron chi connectivity index (χ2n) is 6.02. The van der Waals surface area contributed by atoms with Crippen molar-refractivity contribution in [3.05, 3.63) is 0 Å². The maximum atomic E-state index is 11.7. The van der Waals surface area contributed by atoms with Crippen molar-refractivity contribution in [2.75, 3.05) is 6.61 Å². The fraction of sp³-hybridized carbons (Fsp3) is 0.938. The first-order valence-corrected chi connectivity index (χ1v) is 7.79. The van der Waals surface area contributed by atoms with Gasteiger partial charge in [-0.25, -0.2) is 0 Å². The monoisotopic (exact) mass is 272 g/mol. The van der Waals surface area contributed by atoms with Gasteiger partial charge in [0.1, 0.15) is 0 Å². The highest BCUT2D eigenvalue weighted by Crippen LogP contribution is 2.26. The molecule has 114 valence electrons. The molecule has 0 fully saturated rings. The van der Waals surface area contributed by atoms with Crippen molar-refractivity contribution in [2.24, 2.45) is 5.41 Å². The molecule has 1 N–H and O–H groups in total. The highest BCUT2D eigenvalue weighted by Gasteiger charge is 2.31. The van der Waals surface area contributed by atoms with Gasteiger partial charge in [-0.05, 0) is 33.6 Å². The molecule has 1 atom stereocenters. The normalized spacial score (nSPS) is 13.3. The standard InChI is InChI=1S/C16H32O3/c1-5-7-8-9-10-11-12-14(17)13-16(3,4)15(18)19-6-2/h14,17H,5-13H2,1-4H3. The zero-order valence-electron chi connectivity index (χ0n) is 13.2. The van der Waals surface area contributed by atoms with Gasteiger partial charge in [-0.1, -0.05) is 45.4 Å². The maximum Gasteiger partial charge on any atom is 0.311 e. The van der Waals surface area contributed by atoms with Crippen LogP contribution in [0.5, 0.6) is 0 Å². The number of ether oxygens (including phenoxy) is 1. The van der Waals surface area contributed by atoms with Crippen LogP contribution in [0.3, 0.4) is 0 Å². The molecule has 19 heavy (non-hydrogen) atoms. The van der Waals surface area contributed by atoms with E-state index in [4.69, 9.17) is 4.74 Å². The first-order chi connectivity index (χ1) is 8.94. The Morgan fingerprint density at radius 2 is 1.68 bits per heavy atom. The van der Waals surface area contributed by atoms with Crippen molar-refractivity contribution < 1.29 is 14.6 Å². The molecule has 0 spiro atoms. The summed E-state index contributed by atoms with van der Waals surface area (Å²) >= 11 is 0. The Hall–Kier alpha value is -0.570. The number of aliphatic hydroxyl groups excluding tert-OH is 1. The minimum atomic E-state index is -0.586. The van der Waals surface area contributed by atoms with Gasteiger partial charge < -0.3 is 9.84 Å². The summed E-state index contributed by atoms with van der Waals surface area (Å²) in [4.78, 5) is 11.7. The molecule has 0 aliphatic heterocycles. The summed E-state index contributed by atoms with van der Waals surface area (Å²) in [5.41, 5.74) is -0.586. The predicted molar refractivity (Wildman–Crippen MR) is 79.0 cm³/mol. The van der Waals surface area contributed by atoms with Crippen molar-refractivity contribution in [3.63, 3.8) is 0 Å². The van der Waals surface area contributed by atoms with Gasteiger partial charge in [0.05, 0.1) is 18.1 Å². The molecule has 0 amide bonds. The molecular weight excluding hydrogens is 240 g/mol. The molecule has 0 heterocycles. The molecule has 0 bridgehead atoms. The molecule has 0 aromatic heterocycles. The quantitative estimate of drug-likeness (QED) is 0.455. The average molecular weight is 272 g/mol. The van der Waals surface area contributed by atoms with Crippen molar-refractivity contribution in [1.29, 1.82) is 0 Å². The first kappa shape index (κ1) is 18.4. The fourth-order valence-corrected chi connectivity index (χ4v) is 2.26. The smallest absolute Gasteiger partial charge is 0.311 e. The fourth-order valence-electron chi connectivity index (χ4n) is 2.26. The molecular formula is C16H32O3. The third-order valence-electron chi connectivity index (χ3n) is 3.46. The van der Waals surface area contributed by atoms with E-state index in [1.54, 1.807) is 6.92 Å². The lowest BCUT2D eigenvalue weighted by Crippen LogP contribution is -2.31. The van der Waals surface area contributed by atoms with E-state index < -0.39 is 11.5 Å². The van der Waals surface area contributed by atoms with Crippen LogP contribution in [-0.4, -0.2) is 23.8 Å². The Morgan fingerprint density at radius 3 is 2.26 bits per heavy atom. The highest BCUT2D eigenvalue weighted by atomic mass is 16.5. The average Bonchev–Trinajstić information content (AvgIpc) is 2.33. The SMILES string of the molecule is CCCCCCCCC(O)CC(C)(C)C(=O)OCC. The van der Waals surface area contributed by atoms with Crippen LogP contribution < -0.4 is 0 Å². The molecule has 0 aromatic carbocycles. The Bertz CT molecular complexity index is 236. The molecule has 0 rings (SSSR count). The minimum Gasteiger partial charge on any atom is -0.466 e. The number of unbranched alkanes of at least 4 members (excludes halogenated alkanes) is 5. The topological polar surface area (TPSA) is 46.5 Å². The third-order valence-corrected chi connectivity index (χ3v) is 3.46. The van der Waals surface area contributed by atoms with Crippen molar-refractivity contribution in [2.45, 2.75) is 85.2 Å². The largest absolute Gasteiger partial charge is 0.466 e. The number of hydrogen-bond acceptors (Lipinski definition) is 3. The summed E-state index contributed by atoms with van der Waals surface area (Å²) in [6, 6.07) is 0. The summed E-state index contributed by atoms with van der Waals surface area (Å²) in [5.74, 6) is -0.211. The Morgan fingerprint density at radius 1 is 1.11 bits per heavy atom. The number of aliphatic hydroxyl groups is 1. The third kappa shape index (κ3) is 9.04. The number of carbonyl (C=O) groups excluding carboxylic acids is 1.